The molecule has 1 aliphatic carbocycles. The van der Waals surface area contributed by atoms with E-state index in [4.69, 9.17) is 0 Å². The Bertz CT molecular complexity index is 243. The molecule has 0 fully saturated rings. The summed E-state index contributed by atoms with van der Waals surface area (Å²) in [7, 11) is 0. The molecule has 0 N–H and O–H groups in total. The molecule has 18 heavy (non-hydrogen) atoms. The van der Waals surface area contributed by atoms with Crippen molar-refractivity contribution in [3.63, 3.8) is 0 Å². The summed E-state index contributed by atoms with van der Waals surface area (Å²) in [5.74, 6) is 7.18. The first-order chi connectivity index (χ1) is 8.83. The highest BCUT2D eigenvalue weighted by atomic mass is 14.3. The number of unbranched alkanes of at least 4 members (excludes halogenated alkanes) is 4. The van der Waals surface area contributed by atoms with Crippen LogP contribution >= 0.6 is 0 Å². The largest absolute Gasteiger partial charge is 0.103 e. The quantitative estimate of drug-likeness (QED) is 0.359. The van der Waals surface area contributed by atoms with Gasteiger partial charge < -0.3 is 0 Å². The van der Waals surface area contributed by atoms with E-state index in [0.717, 1.165) is 6.42 Å². The summed E-state index contributed by atoms with van der Waals surface area (Å²) in [4.78, 5) is 0. The molecule has 0 atom stereocenters. The first-order valence-electron chi connectivity index (χ1n) is 8.33. The lowest BCUT2D eigenvalue weighted by Crippen LogP contribution is -2.20. The molecule has 0 heterocycles. The molecular formula is C18H32. The van der Waals surface area contributed by atoms with Gasteiger partial charge in [0.1, 0.15) is 0 Å². The van der Waals surface area contributed by atoms with E-state index in [1.54, 1.807) is 0 Å². The van der Waals surface area contributed by atoms with Crippen molar-refractivity contribution >= 4 is 0 Å². The SMILES string of the molecule is CCCCCC1(CCCCC)C#CCCCCC1. The van der Waals surface area contributed by atoms with E-state index in [1.807, 2.05) is 0 Å². The van der Waals surface area contributed by atoms with Gasteiger partial charge in [0.05, 0.1) is 0 Å². The van der Waals surface area contributed by atoms with E-state index < -0.39 is 0 Å². The number of rotatable bonds is 8. The Labute approximate surface area is 115 Å². The Morgan fingerprint density at radius 2 is 1.50 bits per heavy atom. The van der Waals surface area contributed by atoms with Crippen LogP contribution in [0.4, 0.5) is 0 Å². The van der Waals surface area contributed by atoms with Crippen molar-refractivity contribution in [2.24, 2.45) is 5.41 Å². The smallest absolute Gasteiger partial charge is 0.0314 e. The van der Waals surface area contributed by atoms with Crippen LogP contribution < -0.4 is 0 Å². The maximum atomic E-state index is 3.70. The Morgan fingerprint density at radius 1 is 0.833 bits per heavy atom. The zero-order chi connectivity index (χ0) is 13.1. The van der Waals surface area contributed by atoms with Gasteiger partial charge in [0.15, 0.2) is 0 Å². The molecule has 0 radical (unpaired) electrons. The standard InChI is InChI=1S/C18H32/c1-3-5-10-14-18(15-11-6-4-2)16-12-8-7-9-13-17-18/h3-12,14-16H2,1-2H3. The highest BCUT2D eigenvalue weighted by Gasteiger charge is 2.26. The van der Waals surface area contributed by atoms with Crippen LogP contribution in [0, 0.1) is 17.3 Å². The minimum absolute atomic E-state index is 0.394. The third-order valence-electron chi connectivity index (χ3n) is 4.33. The molecule has 0 unspecified atom stereocenters. The van der Waals surface area contributed by atoms with Gasteiger partial charge >= 0.3 is 0 Å². The molecule has 0 spiro atoms. The fraction of sp³-hybridized carbons (Fsp3) is 0.889. The summed E-state index contributed by atoms with van der Waals surface area (Å²) in [5, 5.41) is 0. The average Bonchev–Trinajstić information content (AvgIpc) is 2.34. The van der Waals surface area contributed by atoms with E-state index in [2.05, 4.69) is 25.7 Å². The Balaban J connectivity index is 2.57. The molecule has 104 valence electrons. The van der Waals surface area contributed by atoms with E-state index in [1.165, 1.54) is 77.0 Å². The van der Waals surface area contributed by atoms with Crippen molar-refractivity contribution in [2.75, 3.05) is 0 Å². The zero-order valence-corrected chi connectivity index (χ0v) is 12.7. The second-order valence-corrected chi connectivity index (χ2v) is 6.06. The molecule has 0 aromatic heterocycles. The van der Waals surface area contributed by atoms with Crippen molar-refractivity contribution in [3.8, 4) is 11.8 Å². The van der Waals surface area contributed by atoms with Crippen molar-refractivity contribution in [1.82, 2.24) is 0 Å². The molecule has 0 saturated carbocycles. The minimum atomic E-state index is 0.394. The zero-order valence-electron chi connectivity index (χ0n) is 12.7. The van der Waals surface area contributed by atoms with Crippen LogP contribution in [0.25, 0.3) is 0 Å². The van der Waals surface area contributed by atoms with Gasteiger partial charge in [-0.2, -0.15) is 0 Å². The normalized spacial score (nSPS) is 18.6. The molecule has 0 aliphatic heterocycles. The number of hydrogen-bond donors (Lipinski definition) is 0. The molecule has 1 aliphatic rings. The summed E-state index contributed by atoms with van der Waals surface area (Å²) in [6.07, 6.45) is 17.6. The van der Waals surface area contributed by atoms with Gasteiger partial charge in [-0.15, -0.1) is 5.92 Å². The summed E-state index contributed by atoms with van der Waals surface area (Å²) < 4.78 is 0. The van der Waals surface area contributed by atoms with E-state index in [-0.39, 0.29) is 0 Å². The topological polar surface area (TPSA) is 0 Å². The second-order valence-electron chi connectivity index (χ2n) is 6.06. The maximum absolute atomic E-state index is 3.70. The van der Waals surface area contributed by atoms with E-state index in [9.17, 15) is 0 Å². The molecule has 0 aromatic carbocycles. The van der Waals surface area contributed by atoms with Crippen LogP contribution in [-0.2, 0) is 0 Å². The van der Waals surface area contributed by atoms with Crippen LogP contribution in [0.15, 0.2) is 0 Å². The third kappa shape index (κ3) is 5.94. The Kier molecular flexibility index (Phi) is 8.23. The molecule has 0 aromatic rings. The Hall–Kier alpha value is -0.440. The van der Waals surface area contributed by atoms with Crippen molar-refractivity contribution in [3.05, 3.63) is 0 Å². The predicted molar refractivity (Wildman–Crippen MR) is 81.6 cm³/mol. The monoisotopic (exact) mass is 248 g/mol. The fourth-order valence-electron chi connectivity index (χ4n) is 3.09. The summed E-state index contributed by atoms with van der Waals surface area (Å²) in [6, 6.07) is 0. The van der Waals surface area contributed by atoms with Gasteiger partial charge in [0.2, 0.25) is 0 Å². The van der Waals surface area contributed by atoms with E-state index >= 15 is 0 Å². The van der Waals surface area contributed by atoms with Gasteiger partial charge in [-0.3, -0.25) is 0 Å². The molecular weight excluding hydrogens is 216 g/mol. The van der Waals surface area contributed by atoms with Crippen LogP contribution in [0.5, 0.6) is 0 Å². The molecule has 1 rings (SSSR count). The molecule has 0 nitrogen and oxygen atoms in total. The van der Waals surface area contributed by atoms with Crippen LogP contribution in [0.1, 0.15) is 97.3 Å². The molecule has 0 saturated heterocycles. The summed E-state index contributed by atoms with van der Waals surface area (Å²) in [6.45, 7) is 4.60. The molecule has 0 heteroatoms. The number of hydrogen-bond acceptors (Lipinski definition) is 0. The lowest BCUT2D eigenvalue weighted by molar-refractivity contribution is 0.278. The fourth-order valence-corrected chi connectivity index (χ4v) is 3.09. The average molecular weight is 248 g/mol. The highest BCUT2D eigenvalue weighted by molar-refractivity contribution is 5.12. The van der Waals surface area contributed by atoms with Gasteiger partial charge in [0, 0.05) is 11.8 Å². The van der Waals surface area contributed by atoms with Gasteiger partial charge in [-0.1, -0.05) is 71.1 Å². The lowest BCUT2D eigenvalue weighted by atomic mass is 9.74. The second kappa shape index (κ2) is 9.48. The third-order valence-corrected chi connectivity index (χ3v) is 4.33. The summed E-state index contributed by atoms with van der Waals surface area (Å²) >= 11 is 0. The lowest BCUT2D eigenvalue weighted by Gasteiger charge is -2.30. The van der Waals surface area contributed by atoms with Gasteiger partial charge in [-0.05, 0) is 25.7 Å². The molecule has 0 bridgehead atoms. The first kappa shape index (κ1) is 15.6. The first-order valence-corrected chi connectivity index (χ1v) is 8.33. The summed E-state index contributed by atoms with van der Waals surface area (Å²) in [5.41, 5.74) is 0.394. The predicted octanol–water partition coefficient (Wildman–Crippen LogP) is 6.10. The molecule has 0 amide bonds. The van der Waals surface area contributed by atoms with Crippen LogP contribution in [0.3, 0.4) is 0 Å². The van der Waals surface area contributed by atoms with Gasteiger partial charge in [0.25, 0.3) is 0 Å². The van der Waals surface area contributed by atoms with Crippen molar-refractivity contribution < 1.29 is 0 Å². The van der Waals surface area contributed by atoms with Crippen LogP contribution in [-0.4, -0.2) is 0 Å². The van der Waals surface area contributed by atoms with E-state index in [0.29, 0.717) is 5.41 Å². The minimum Gasteiger partial charge on any atom is -0.103 e. The van der Waals surface area contributed by atoms with Crippen LogP contribution in [0.2, 0.25) is 0 Å². The Morgan fingerprint density at radius 3 is 2.11 bits per heavy atom. The maximum Gasteiger partial charge on any atom is 0.0314 e. The van der Waals surface area contributed by atoms with Crippen molar-refractivity contribution in [2.45, 2.75) is 97.3 Å². The van der Waals surface area contributed by atoms with Crippen molar-refractivity contribution in [1.29, 1.82) is 0 Å². The van der Waals surface area contributed by atoms with Gasteiger partial charge in [-0.25, -0.2) is 0 Å². The highest BCUT2D eigenvalue weighted by Crippen LogP contribution is 2.37.